The van der Waals surface area contributed by atoms with Crippen molar-refractivity contribution in [3.8, 4) is 0 Å². The van der Waals surface area contributed by atoms with E-state index in [2.05, 4.69) is 34.1 Å². The first-order valence-corrected chi connectivity index (χ1v) is 5.17. The molecular formula is C11H21O2Y-. The molecule has 0 aliphatic carbocycles. The Labute approximate surface area is 113 Å². The third kappa shape index (κ3) is 3.55. The van der Waals surface area contributed by atoms with E-state index in [4.69, 9.17) is 9.84 Å². The van der Waals surface area contributed by atoms with E-state index in [9.17, 15) is 0 Å². The summed E-state index contributed by atoms with van der Waals surface area (Å²) in [6, 6.07) is 0. The average Bonchev–Trinajstić information content (AvgIpc) is 2.09. The molecule has 4 atom stereocenters. The third-order valence-electron chi connectivity index (χ3n) is 3.08. The van der Waals surface area contributed by atoms with Crippen LogP contribution in [-0.2, 0) is 37.4 Å². The maximum absolute atomic E-state index is 9.14. The Morgan fingerprint density at radius 3 is 2.36 bits per heavy atom. The molecule has 0 amide bonds. The predicted octanol–water partition coefficient (Wildman–Crippen LogP) is 1.88. The molecule has 81 valence electrons. The molecule has 1 radical (unpaired) electrons. The van der Waals surface area contributed by atoms with Crippen LogP contribution >= 0.6 is 0 Å². The van der Waals surface area contributed by atoms with Crippen molar-refractivity contribution in [3.63, 3.8) is 0 Å². The van der Waals surface area contributed by atoms with Crippen LogP contribution < -0.4 is 0 Å². The van der Waals surface area contributed by atoms with Gasteiger partial charge in [-0.1, -0.05) is 33.8 Å². The largest absolute Gasteiger partial charge is 0.404 e. The number of hydrogen-bond acceptors (Lipinski definition) is 2. The van der Waals surface area contributed by atoms with Crippen molar-refractivity contribution in [1.29, 1.82) is 0 Å². The molecule has 0 aromatic rings. The summed E-state index contributed by atoms with van der Waals surface area (Å²) in [5, 5.41) is 9.14. The van der Waals surface area contributed by atoms with E-state index in [1.165, 1.54) is 0 Å². The van der Waals surface area contributed by atoms with E-state index < -0.39 is 0 Å². The maximum atomic E-state index is 9.14. The minimum Gasteiger partial charge on any atom is -0.404 e. The molecule has 0 aromatic heterocycles. The second-order valence-electron chi connectivity index (χ2n) is 4.48. The molecule has 1 unspecified atom stereocenters. The number of rotatable bonds is 2. The predicted molar refractivity (Wildman–Crippen MR) is 53.2 cm³/mol. The second-order valence-corrected chi connectivity index (χ2v) is 4.48. The van der Waals surface area contributed by atoms with Crippen molar-refractivity contribution >= 4 is 0 Å². The van der Waals surface area contributed by atoms with Gasteiger partial charge in [0.25, 0.3) is 0 Å². The number of aliphatic hydroxyl groups is 1. The summed E-state index contributed by atoms with van der Waals surface area (Å²) in [6.07, 6.45) is 2.50. The van der Waals surface area contributed by atoms with Crippen LogP contribution in [-0.4, -0.2) is 23.9 Å². The molecule has 1 rings (SSSR count). The zero-order chi connectivity index (χ0) is 10.0. The van der Waals surface area contributed by atoms with Crippen LogP contribution in [0.5, 0.6) is 0 Å². The molecule has 0 saturated carbocycles. The van der Waals surface area contributed by atoms with Crippen LogP contribution in [0.1, 0.15) is 27.7 Å². The van der Waals surface area contributed by atoms with Crippen LogP contribution in [0.25, 0.3) is 0 Å². The SMILES string of the molecule is CC(C)[C@H]1[CH-][C@@H](C)[C@H](C)C(CO)O1.[Y]. The van der Waals surface area contributed by atoms with Crippen LogP contribution in [0.15, 0.2) is 0 Å². The Morgan fingerprint density at radius 2 is 1.93 bits per heavy atom. The minimum atomic E-state index is 0. The molecule has 0 aromatic carbocycles. The normalized spacial score (nSPS) is 38.1. The van der Waals surface area contributed by atoms with Gasteiger partial charge in [0.2, 0.25) is 0 Å². The Hall–Kier alpha value is 1.02. The second kappa shape index (κ2) is 6.57. The Bertz CT molecular complexity index is 161. The third-order valence-corrected chi connectivity index (χ3v) is 3.08. The van der Waals surface area contributed by atoms with Gasteiger partial charge in [-0.2, -0.15) is 5.92 Å². The molecule has 14 heavy (non-hydrogen) atoms. The quantitative estimate of drug-likeness (QED) is 0.779. The van der Waals surface area contributed by atoms with Gasteiger partial charge in [-0.3, -0.25) is 6.42 Å². The maximum Gasteiger partial charge on any atom is 0.0777 e. The van der Waals surface area contributed by atoms with E-state index in [0.717, 1.165) is 0 Å². The van der Waals surface area contributed by atoms with Gasteiger partial charge in [-0.25, -0.2) is 0 Å². The summed E-state index contributed by atoms with van der Waals surface area (Å²) in [7, 11) is 0. The van der Waals surface area contributed by atoms with E-state index in [1.807, 2.05) is 0 Å². The van der Waals surface area contributed by atoms with Gasteiger partial charge in [0.05, 0.1) is 12.7 Å². The standard InChI is InChI=1S/C11H21O2.Y/c1-7(2)10-5-8(3)9(4)11(6-12)13-10;/h5,7-12H,6H2,1-4H3;/q-1;/t8-,9+,10-,11?;/m1./s1. The van der Waals surface area contributed by atoms with Gasteiger partial charge in [0.1, 0.15) is 0 Å². The fourth-order valence-corrected chi connectivity index (χ4v) is 1.77. The van der Waals surface area contributed by atoms with Gasteiger partial charge in [0, 0.05) is 32.7 Å². The zero-order valence-corrected chi connectivity index (χ0v) is 12.4. The summed E-state index contributed by atoms with van der Waals surface area (Å²) in [5.41, 5.74) is 0. The molecule has 3 heteroatoms. The molecule has 1 heterocycles. The van der Waals surface area contributed by atoms with E-state index in [-0.39, 0.29) is 51.5 Å². The van der Waals surface area contributed by atoms with Gasteiger partial charge in [-0.15, -0.1) is 0 Å². The fourth-order valence-electron chi connectivity index (χ4n) is 1.77. The molecule has 1 aliphatic rings. The monoisotopic (exact) mass is 274 g/mol. The van der Waals surface area contributed by atoms with Crippen molar-refractivity contribution < 1.29 is 42.6 Å². The minimum absolute atomic E-state index is 0. The van der Waals surface area contributed by atoms with Crippen molar-refractivity contribution in [3.05, 3.63) is 6.42 Å². The first kappa shape index (κ1) is 15.0. The Balaban J connectivity index is 0.00000169. The van der Waals surface area contributed by atoms with Crippen molar-refractivity contribution in [2.75, 3.05) is 6.61 Å². The van der Waals surface area contributed by atoms with Gasteiger partial charge in [0.15, 0.2) is 0 Å². The number of ether oxygens (including phenoxy) is 1. The average molecular weight is 274 g/mol. The summed E-state index contributed by atoms with van der Waals surface area (Å²) in [6.45, 7) is 8.78. The zero-order valence-electron chi connectivity index (χ0n) is 9.60. The number of hydrogen-bond donors (Lipinski definition) is 1. The Kier molecular flexibility index (Phi) is 7.05. The first-order valence-electron chi connectivity index (χ1n) is 5.17. The number of aliphatic hydroxyl groups excluding tert-OH is 1. The summed E-state index contributed by atoms with van der Waals surface area (Å²) in [5.74, 6) is 1.47. The molecule has 1 aliphatic heterocycles. The summed E-state index contributed by atoms with van der Waals surface area (Å²) < 4.78 is 5.77. The molecule has 1 fully saturated rings. The summed E-state index contributed by atoms with van der Waals surface area (Å²) >= 11 is 0. The van der Waals surface area contributed by atoms with E-state index in [1.54, 1.807) is 0 Å². The van der Waals surface area contributed by atoms with Crippen molar-refractivity contribution in [2.45, 2.75) is 39.9 Å². The fraction of sp³-hybridized carbons (Fsp3) is 0.909. The molecule has 1 N–H and O–H groups in total. The Morgan fingerprint density at radius 1 is 1.36 bits per heavy atom. The smallest absolute Gasteiger partial charge is 0.0777 e. The molecule has 0 spiro atoms. The molecule has 1 saturated heterocycles. The topological polar surface area (TPSA) is 29.5 Å². The first-order chi connectivity index (χ1) is 6.06. The van der Waals surface area contributed by atoms with Gasteiger partial charge in [-0.05, 0) is 11.8 Å². The van der Waals surface area contributed by atoms with Gasteiger partial charge >= 0.3 is 0 Å². The summed E-state index contributed by atoms with van der Waals surface area (Å²) in [4.78, 5) is 0. The van der Waals surface area contributed by atoms with E-state index in [0.29, 0.717) is 17.8 Å². The van der Waals surface area contributed by atoms with Crippen LogP contribution in [0.2, 0.25) is 0 Å². The van der Waals surface area contributed by atoms with Crippen LogP contribution in [0, 0.1) is 24.2 Å². The van der Waals surface area contributed by atoms with Crippen molar-refractivity contribution in [1.82, 2.24) is 0 Å². The van der Waals surface area contributed by atoms with Crippen LogP contribution in [0.3, 0.4) is 0 Å². The molecule has 2 nitrogen and oxygen atoms in total. The molecule has 0 bridgehead atoms. The van der Waals surface area contributed by atoms with Crippen LogP contribution in [0.4, 0.5) is 0 Å². The van der Waals surface area contributed by atoms with Gasteiger partial charge < -0.3 is 9.84 Å². The molecular weight excluding hydrogens is 253 g/mol. The van der Waals surface area contributed by atoms with Crippen molar-refractivity contribution in [2.24, 2.45) is 17.8 Å². The van der Waals surface area contributed by atoms with E-state index >= 15 is 0 Å².